The molecule has 0 aliphatic rings. The van der Waals surface area contributed by atoms with Gasteiger partial charge in [0.15, 0.2) is 0 Å². The van der Waals surface area contributed by atoms with E-state index in [0.29, 0.717) is 12.2 Å². The first kappa shape index (κ1) is 26.2. The second kappa shape index (κ2) is 10.4. The minimum atomic E-state index is -5.08. The number of H-pyrrole nitrogens is 2. The van der Waals surface area contributed by atoms with Gasteiger partial charge < -0.3 is 20.3 Å². The predicted octanol–water partition coefficient (Wildman–Crippen LogP) is 3.13. The van der Waals surface area contributed by atoms with Crippen LogP contribution in [0.3, 0.4) is 0 Å². The van der Waals surface area contributed by atoms with Gasteiger partial charge in [0, 0.05) is 11.8 Å². The first-order valence-corrected chi connectivity index (χ1v) is 10.2. The number of halogens is 4. The number of aromatic amines is 2. The number of fused-ring (bicyclic) bond motifs is 1. The van der Waals surface area contributed by atoms with Gasteiger partial charge in [-0.3, -0.25) is 14.7 Å². The third kappa shape index (κ3) is 6.35. The molecule has 1 amide bonds. The lowest BCUT2D eigenvalue weighted by Crippen LogP contribution is -2.21. The van der Waals surface area contributed by atoms with Crippen molar-refractivity contribution in [3.05, 3.63) is 76.2 Å². The summed E-state index contributed by atoms with van der Waals surface area (Å²) in [6, 6.07) is 12.3. The fourth-order valence-electron chi connectivity index (χ4n) is 3.09. The monoisotopic (exact) mass is 508 g/mol. The molecular formula is C22H20F4N6O4. The zero-order valence-electron chi connectivity index (χ0n) is 18.9. The summed E-state index contributed by atoms with van der Waals surface area (Å²) < 4.78 is 47.0. The second-order valence-electron chi connectivity index (χ2n) is 7.70. The molecule has 190 valence electrons. The largest absolute Gasteiger partial charge is 0.490 e. The number of carboxylic acids is 1. The quantitative estimate of drug-likeness (QED) is 0.306. The van der Waals surface area contributed by atoms with Crippen LogP contribution in [0.2, 0.25) is 0 Å². The number of aromatic nitrogens is 4. The van der Waals surface area contributed by atoms with Gasteiger partial charge in [-0.1, -0.05) is 12.1 Å². The van der Waals surface area contributed by atoms with Gasteiger partial charge in [-0.15, -0.1) is 0 Å². The summed E-state index contributed by atoms with van der Waals surface area (Å²) in [6.07, 6.45) is -5.08. The van der Waals surface area contributed by atoms with E-state index in [0.717, 1.165) is 27.6 Å². The topological polar surface area (TPSA) is 136 Å². The summed E-state index contributed by atoms with van der Waals surface area (Å²) in [7, 11) is 3.90. The van der Waals surface area contributed by atoms with Crippen LogP contribution in [0.1, 0.15) is 16.3 Å². The molecule has 4 N–H and O–H groups in total. The molecule has 0 unspecified atom stereocenters. The van der Waals surface area contributed by atoms with E-state index in [2.05, 4.69) is 20.4 Å². The van der Waals surface area contributed by atoms with Crippen molar-refractivity contribution in [2.24, 2.45) is 0 Å². The van der Waals surface area contributed by atoms with Crippen molar-refractivity contribution in [1.82, 2.24) is 24.6 Å². The van der Waals surface area contributed by atoms with E-state index in [1.165, 1.54) is 18.2 Å². The summed E-state index contributed by atoms with van der Waals surface area (Å²) in [5.41, 5.74) is 1.66. The van der Waals surface area contributed by atoms with Gasteiger partial charge in [-0.2, -0.15) is 13.2 Å². The number of hydrogen-bond acceptors (Lipinski definition) is 5. The molecule has 0 spiro atoms. The number of imidazole rings is 1. The molecular weight excluding hydrogens is 488 g/mol. The van der Waals surface area contributed by atoms with Crippen LogP contribution >= 0.6 is 0 Å². The summed E-state index contributed by atoms with van der Waals surface area (Å²) in [6.45, 7) is 0.661. The van der Waals surface area contributed by atoms with E-state index in [4.69, 9.17) is 9.90 Å². The smallest absolute Gasteiger partial charge is 0.475 e. The second-order valence-corrected chi connectivity index (χ2v) is 7.70. The maximum absolute atomic E-state index is 14.1. The number of aliphatic carboxylic acids is 1. The Morgan fingerprint density at radius 3 is 2.42 bits per heavy atom. The lowest BCUT2D eigenvalue weighted by atomic mass is 10.2. The van der Waals surface area contributed by atoms with Gasteiger partial charge in [-0.25, -0.2) is 18.9 Å². The number of alkyl halides is 3. The van der Waals surface area contributed by atoms with Crippen molar-refractivity contribution in [2.45, 2.75) is 12.7 Å². The first-order chi connectivity index (χ1) is 16.8. The van der Waals surface area contributed by atoms with E-state index in [-0.39, 0.29) is 11.4 Å². The maximum atomic E-state index is 14.1. The Labute approximate surface area is 200 Å². The average molecular weight is 508 g/mol. The van der Waals surface area contributed by atoms with Crippen LogP contribution in [-0.2, 0) is 11.3 Å². The number of anilines is 1. The molecule has 0 atom stereocenters. The number of nitrogens with one attached hydrogen (secondary N) is 3. The van der Waals surface area contributed by atoms with E-state index in [9.17, 15) is 27.2 Å². The molecule has 4 rings (SSSR count). The van der Waals surface area contributed by atoms with Crippen LogP contribution < -0.4 is 10.9 Å². The molecule has 10 nitrogen and oxygen atoms in total. The van der Waals surface area contributed by atoms with Crippen LogP contribution in [-0.4, -0.2) is 61.9 Å². The SMILES string of the molecule is CN(C)Cc1nc2ccc(NC(=O)c3cc(=O)[nH]n3-c3ccccc3F)cc2[nH]1.O=C(O)C(F)(F)F. The molecule has 36 heavy (non-hydrogen) atoms. The molecule has 0 bridgehead atoms. The molecule has 2 aromatic heterocycles. The number of nitrogens with zero attached hydrogens (tertiary/aromatic N) is 3. The predicted molar refractivity (Wildman–Crippen MR) is 121 cm³/mol. The molecule has 0 aliphatic heterocycles. The van der Waals surface area contributed by atoms with Gasteiger partial charge >= 0.3 is 12.1 Å². The summed E-state index contributed by atoms with van der Waals surface area (Å²) >= 11 is 0. The van der Waals surface area contributed by atoms with Gasteiger partial charge in [0.05, 0.1) is 23.3 Å². The zero-order valence-corrected chi connectivity index (χ0v) is 18.9. The number of benzene rings is 2. The Morgan fingerprint density at radius 2 is 1.81 bits per heavy atom. The van der Waals surface area contributed by atoms with Gasteiger partial charge in [-0.05, 0) is 44.4 Å². The van der Waals surface area contributed by atoms with Crippen molar-refractivity contribution in [1.29, 1.82) is 0 Å². The van der Waals surface area contributed by atoms with Gasteiger partial charge in [0.25, 0.3) is 11.5 Å². The Balaban J connectivity index is 0.000000454. The molecule has 0 saturated heterocycles. The first-order valence-electron chi connectivity index (χ1n) is 10.2. The number of para-hydroxylation sites is 1. The third-order valence-electron chi connectivity index (χ3n) is 4.55. The number of hydrogen-bond donors (Lipinski definition) is 4. The third-order valence-corrected chi connectivity index (χ3v) is 4.55. The van der Waals surface area contributed by atoms with E-state index in [1.807, 2.05) is 19.0 Å². The highest BCUT2D eigenvalue weighted by Gasteiger charge is 2.38. The van der Waals surface area contributed by atoms with Crippen molar-refractivity contribution >= 4 is 28.6 Å². The highest BCUT2D eigenvalue weighted by molar-refractivity contribution is 6.04. The number of carbonyl (C=O) groups is 2. The Hall–Kier alpha value is -4.46. The molecule has 14 heteroatoms. The summed E-state index contributed by atoms with van der Waals surface area (Å²) in [5, 5.41) is 12.3. The van der Waals surface area contributed by atoms with Crippen LogP contribution in [0, 0.1) is 5.82 Å². The number of rotatable bonds is 5. The fourth-order valence-corrected chi connectivity index (χ4v) is 3.09. The summed E-state index contributed by atoms with van der Waals surface area (Å²) in [4.78, 5) is 43.2. The maximum Gasteiger partial charge on any atom is 0.490 e. The molecule has 0 saturated carbocycles. The Morgan fingerprint density at radius 1 is 1.14 bits per heavy atom. The lowest BCUT2D eigenvalue weighted by molar-refractivity contribution is -0.192. The minimum Gasteiger partial charge on any atom is -0.475 e. The Bertz CT molecular complexity index is 1450. The molecule has 2 aromatic carbocycles. The van der Waals surface area contributed by atoms with Crippen molar-refractivity contribution in [3.8, 4) is 5.69 Å². The summed E-state index contributed by atoms with van der Waals surface area (Å²) in [5.74, 6) is -3.04. The number of carbonyl (C=O) groups excluding carboxylic acids is 1. The Kier molecular flexibility index (Phi) is 7.58. The minimum absolute atomic E-state index is 0.00176. The molecule has 0 radical (unpaired) electrons. The highest BCUT2D eigenvalue weighted by atomic mass is 19.4. The van der Waals surface area contributed by atoms with Crippen LogP contribution in [0.5, 0.6) is 0 Å². The molecule has 0 fully saturated rings. The van der Waals surface area contributed by atoms with Crippen molar-refractivity contribution in [2.75, 3.05) is 19.4 Å². The standard InChI is InChI=1S/C20H19FN6O2.C2HF3O2/c1-26(2)11-18-23-14-8-7-12(9-15(14)24-18)22-20(29)17-10-19(28)25-27(17)16-6-4-3-5-13(16)21;3-2(4,5)1(6)7/h3-10H,11H2,1-2H3,(H,22,29)(H,23,24)(H,25,28);(H,6,7). The van der Waals surface area contributed by atoms with Gasteiger partial charge in [0.2, 0.25) is 0 Å². The molecule has 0 aliphatic carbocycles. The zero-order chi connectivity index (χ0) is 26.6. The average Bonchev–Trinajstić information content (AvgIpc) is 3.35. The van der Waals surface area contributed by atoms with Crippen LogP contribution in [0.4, 0.5) is 23.2 Å². The van der Waals surface area contributed by atoms with Crippen molar-refractivity contribution < 1.29 is 32.3 Å². The molecule has 4 aromatic rings. The van der Waals surface area contributed by atoms with E-state index >= 15 is 0 Å². The van der Waals surface area contributed by atoms with Crippen molar-refractivity contribution in [3.63, 3.8) is 0 Å². The normalized spacial score (nSPS) is 11.3. The fraction of sp³-hybridized carbons (Fsp3) is 0.182. The van der Waals surface area contributed by atoms with Crippen LogP contribution in [0.25, 0.3) is 16.7 Å². The van der Waals surface area contributed by atoms with E-state index < -0.39 is 29.4 Å². The van der Waals surface area contributed by atoms with E-state index in [1.54, 1.807) is 24.3 Å². The lowest BCUT2D eigenvalue weighted by Gasteiger charge is -2.10. The number of carboxylic acid groups (broad SMARTS) is 1. The number of amides is 1. The molecule has 2 heterocycles. The van der Waals surface area contributed by atoms with Gasteiger partial charge in [0.1, 0.15) is 17.3 Å². The highest BCUT2D eigenvalue weighted by Crippen LogP contribution is 2.19. The van der Waals surface area contributed by atoms with Crippen LogP contribution in [0.15, 0.2) is 53.3 Å².